The van der Waals surface area contributed by atoms with Crippen LogP contribution in [-0.4, -0.2) is 41.8 Å². The quantitative estimate of drug-likeness (QED) is 0.509. The average Bonchev–Trinajstić information content (AvgIpc) is 2.74. The Balaban J connectivity index is 1.66. The molecule has 0 saturated carbocycles. The van der Waals surface area contributed by atoms with E-state index >= 15 is 0 Å². The first kappa shape index (κ1) is 22.3. The Morgan fingerprint density at radius 1 is 1.12 bits per heavy atom. The number of anilines is 4. The molecule has 0 radical (unpaired) electrons. The minimum Gasteiger partial charge on any atom is -0.339 e. The van der Waals surface area contributed by atoms with Crippen molar-refractivity contribution in [1.29, 1.82) is 0 Å². The molecule has 7 heteroatoms. The van der Waals surface area contributed by atoms with E-state index in [9.17, 15) is 4.57 Å². The Labute approximate surface area is 190 Å². The fourth-order valence-electron chi connectivity index (χ4n) is 4.01. The molecule has 4 rings (SSSR count). The highest BCUT2D eigenvalue weighted by atomic mass is 31.2. The van der Waals surface area contributed by atoms with Crippen molar-refractivity contribution in [3.8, 4) is 0 Å². The molecule has 1 aliphatic rings. The van der Waals surface area contributed by atoms with Crippen molar-refractivity contribution in [1.82, 2.24) is 14.9 Å². The van der Waals surface area contributed by atoms with Gasteiger partial charge < -0.3 is 20.1 Å². The molecule has 0 fully saturated rings. The van der Waals surface area contributed by atoms with E-state index in [4.69, 9.17) is 4.98 Å². The SMILES string of the molecule is C=Cc1cnc(Nc2cc3c(cc2C)CCN(C)C3)nc1Nc1ccccc1P(C)(C)=O. The summed E-state index contributed by atoms with van der Waals surface area (Å²) in [5.41, 5.74) is 6.48. The number of benzene rings is 2. The van der Waals surface area contributed by atoms with Gasteiger partial charge in [-0.25, -0.2) is 4.98 Å². The van der Waals surface area contributed by atoms with E-state index in [0.29, 0.717) is 11.8 Å². The summed E-state index contributed by atoms with van der Waals surface area (Å²) < 4.78 is 12.8. The monoisotopic (exact) mass is 447 g/mol. The fourth-order valence-corrected chi connectivity index (χ4v) is 5.16. The van der Waals surface area contributed by atoms with Crippen molar-refractivity contribution in [3.63, 3.8) is 0 Å². The molecular weight excluding hydrogens is 417 g/mol. The van der Waals surface area contributed by atoms with E-state index < -0.39 is 7.14 Å². The van der Waals surface area contributed by atoms with Gasteiger partial charge in [0, 0.05) is 35.8 Å². The second-order valence-electron chi connectivity index (χ2n) is 8.74. The van der Waals surface area contributed by atoms with E-state index in [0.717, 1.165) is 41.8 Å². The number of nitrogens with zero attached hydrogens (tertiary/aromatic N) is 3. The topological polar surface area (TPSA) is 70.2 Å². The molecule has 0 unspecified atom stereocenters. The first-order chi connectivity index (χ1) is 15.2. The van der Waals surface area contributed by atoms with Crippen molar-refractivity contribution in [2.75, 3.05) is 37.6 Å². The summed E-state index contributed by atoms with van der Waals surface area (Å²) in [7, 11) is -0.310. The largest absolute Gasteiger partial charge is 0.339 e. The highest BCUT2D eigenvalue weighted by Gasteiger charge is 2.18. The lowest BCUT2D eigenvalue weighted by atomic mass is 9.96. The molecule has 2 heterocycles. The molecular formula is C25H30N5OP. The maximum absolute atomic E-state index is 12.8. The third-order valence-corrected chi connectivity index (χ3v) is 7.32. The lowest BCUT2D eigenvalue weighted by molar-refractivity contribution is 0.313. The highest BCUT2D eigenvalue weighted by Crippen LogP contribution is 2.38. The van der Waals surface area contributed by atoms with Gasteiger partial charge in [-0.2, -0.15) is 4.98 Å². The maximum Gasteiger partial charge on any atom is 0.229 e. The number of nitrogens with one attached hydrogen (secondary N) is 2. The van der Waals surface area contributed by atoms with E-state index in [1.54, 1.807) is 25.6 Å². The van der Waals surface area contributed by atoms with Gasteiger partial charge in [0.1, 0.15) is 13.0 Å². The van der Waals surface area contributed by atoms with Crippen LogP contribution in [0.5, 0.6) is 0 Å². The van der Waals surface area contributed by atoms with Gasteiger partial charge in [-0.1, -0.05) is 30.9 Å². The summed E-state index contributed by atoms with van der Waals surface area (Å²) in [6.07, 6.45) is 4.53. The number of hydrogen-bond acceptors (Lipinski definition) is 6. The summed E-state index contributed by atoms with van der Waals surface area (Å²) in [4.78, 5) is 11.5. The molecule has 0 spiro atoms. The summed E-state index contributed by atoms with van der Waals surface area (Å²) in [6, 6.07) is 12.1. The third-order valence-electron chi connectivity index (χ3n) is 5.77. The molecule has 0 bridgehead atoms. The Bertz CT molecular complexity index is 1220. The van der Waals surface area contributed by atoms with Crippen LogP contribution in [0.15, 0.2) is 49.2 Å². The first-order valence-corrected chi connectivity index (χ1v) is 13.3. The molecule has 1 aromatic heterocycles. The van der Waals surface area contributed by atoms with Gasteiger partial charge in [0.15, 0.2) is 0 Å². The number of rotatable bonds is 6. The lowest BCUT2D eigenvalue weighted by Crippen LogP contribution is -2.26. The Morgan fingerprint density at radius 2 is 1.91 bits per heavy atom. The fraction of sp³-hybridized carbons (Fsp3) is 0.280. The maximum atomic E-state index is 12.8. The van der Waals surface area contributed by atoms with E-state index in [2.05, 4.69) is 53.2 Å². The number of para-hydroxylation sites is 1. The summed E-state index contributed by atoms with van der Waals surface area (Å²) in [5.74, 6) is 1.12. The zero-order valence-corrected chi connectivity index (χ0v) is 20.0. The molecule has 32 heavy (non-hydrogen) atoms. The van der Waals surface area contributed by atoms with Gasteiger partial charge in [-0.05, 0) is 68.6 Å². The molecule has 0 saturated heterocycles. The summed E-state index contributed by atoms with van der Waals surface area (Å²) in [6.45, 7) is 11.6. The zero-order valence-electron chi connectivity index (χ0n) is 19.1. The molecule has 1 aliphatic heterocycles. The van der Waals surface area contributed by atoms with Crippen LogP contribution in [0.25, 0.3) is 6.08 Å². The molecule has 2 aromatic carbocycles. The third kappa shape index (κ3) is 4.77. The molecule has 0 amide bonds. The Morgan fingerprint density at radius 3 is 2.66 bits per heavy atom. The van der Waals surface area contributed by atoms with Crippen LogP contribution in [0.4, 0.5) is 23.1 Å². The zero-order chi connectivity index (χ0) is 22.9. The van der Waals surface area contributed by atoms with Crippen LogP contribution >= 0.6 is 7.14 Å². The smallest absolute Gasteiger partial charge is 0.229 e. The van der Waals surface area contributed by atoms with Gasteiger partial charge in [-0.15, -0.1) is 0 Å². The number of hydrogen-bond donors (Lipinski definition) is 2. The number of fused-ring (bicyclic) bond motifs is 1. The van der Waals surface area contributed by atoms with E-state index in [1.807, 2.05) is 24.3 Å². The van der Waals surface area contributed by atoms with Gasteiger partial charge >= 0.3 is 0 Å². The second kappa shape index (κ2) is 8.89. The normalized spacial score (nSPS) is 14.0. The van der Waals surface area contributed by atoms with Gasteiger partial charge in [0.05, 0.1) is 5.69 Å². The molecule has 6 nitrogen and oxygen atoms in total. The number of aryl methyl sites for hydroxylation is 1. The van der Waals surface area contributed by atoms with Crippen LogP contribution in [0, 0.1) is 6.92 Å². The average molecular weight is 448 g/mol. The summed E-state index contributed by atoms with van der Waals surface area (Å²) in [5, 5.41) is 7.53. The molecule has 3 aromatic rings. The second-order valence-corrected chi connectivity index (χ2v) is 11.9. The van der Waals surface area contributed by atoms with Gasteiger partial charge in [0.25, 0.3) is 0 Å². The van der Waals surface area contributed by atoms with Crippen LogP contribution in [-0.2, 0) is 17.5 Å². The number of likely N-dealkylation sites (N-methyl/N-ethyl adjacent to an activating group) is 1. The van der Waals surface area contributed by atoms with Crippen LogP contribution in [0.2, 0.25) is 0 Å². The first-order valence-electron chi connectivity index (χ1n) is 10.7. The van der Waals surface area contributed by atoms with Crippen molar-refractivity contribution >= 4 is 41.7 Å². The van der Waals surface area contributed by atoms with Crippen LogP contribution < -0.4 is 15.9 Å². The molecule has 0 aliphatic carbocycles. The van der Waals surface area contributed by atoms with Crippen molar-refractivity contribution in [2.24, 2.45) is 0 Å². The van der Waals surface area contributed by atoms with Crippen molar-refractivity contribution in [2.45, 2.75) is 19.9 Å². The van der Waals surface area contributed by atoms with Crippen LogP contribution in [0.1, 0.15) is 22.3 Å². The van der Waals surface area contributed by atoms with E-state index in [1.165, 1.54) is 16.7 Å². The highest BCUT2D eigenvalue weighted by molar-refractivity contribution is 7.70. The molecule has 2 N–H and O–H groups in total. The van der Waals surface area contributed by atoms with E-state index in [-0.39, 0.29) is 0 Å². The standard InChI is InChI=1S/C25H30N5OP/c1-6-18-15-26-25(28-22-14-20-16-30(3)12-11-19(20)13-17(22)2)29-24(18)27-21-9-7-8-10-23(21)32(4,5)31/h6-10,13-15H,1,11-12,16H2,2-5H3,(H2,26,27,28,29). The Hall–Kier alpha value is -2.95. The lowest BCUT2D eigenvalue weighted by Gasteiger charge is -2.26. The predicted molar refractivity (Wildman–Crippen MR) is 135 cm³/mol. The molecule has 166 valence electrons. The minimum absolute atomic E-state index is 0.499. The summed E-state index contributed by atoms with van der Waals surface area (Å²) >= 11 is 0. The van der Waals surface area contributed by atoms with Crippen molar-refractivity contribution < 1.29 is 4.57 Å². The van der Waals surface area contributed by atoms with Crippen molar-refractivity contribution in [3.05, 3.63) is 71.4 Å². The number of aromatic nitrogens is 2. The Kier molecular flexibility index (Phi) is 6.18. The van der Waals surface area contributed by atoms with Gasteiger partial charge in [-0.3, -0.25) is 0 Å². The van der Waals surface area contributed by atoms with Crippen LogP contribution in [0.3, 0.4) is 0 Å². The minimum atomic E-state index is -2.46. The predicted octanol–water partition coefficient (Wildman–Crippen LogP) is 5.15. The molecule has 0 atom stereocenters. The van der Waals surface area contributed by atoms with Gasteiger partial charge in [0.2, 0.25) is 5.95 Å².